The number of nitrogens with zero attached hydrogens (tertiary/aromatic N) is 1. The van der Waals surface area contributed by atoms with E-state index in [0.29, 0.717) is 25.9 Å². The minimum atomic E-state index is -3.62. The van der Waals surface area contributed by atoms with Crippen LogP contribution in [0.2, 0.25) is 0 Å². The predicted octanol–water partition coefficient (Wildman–Crippen LogP) is -0.819. The van der Waals surface area contributed by atoms with Crippen molar-refractivity contribution in [3.05, 3.63) is 0 Å². The second kappa shape index (κ2) is 4.31. The standard InChI is InChI=1S/C9H17N3O3S/c10-16(14,15)11-8-3-5-12(6-4-8)9(13)7-1-2-7/h7-8,11H,1-6H2,(H2,10,14,15). The Balaban J connectivity index is 1.80. The molecule has 1 aliphatic carbocycles. The number of carbonyl (C=O) groups excluding carboxylic acids is 1. The molecular formula is C9H17N3O3S. The third-order valence-corrected chi connectivity index (χ3v) is 3.73. The van der Waals surface area contributed by atoms with Crippen LogP contribution in [0.4, 0.5) is 0 Å². The first kappa shape index (κ1) is 11.8. The monoisotopic (exact) mass is 247 g/mol. The van der Waals surface area contributed by atoms with E-state index < -0.39 is 10.2 Å². The summed E-state index contributed by atoms with van der Waals surface area (Å²) in [6.45, 7) is 1.25. The van der Waals surface area contributed by atoms with Crippen molar-refractivity contribution in [3.8, 4) is 0 Å². The highest BCUT2D eigenvalue weighted by molar-refractivity contribution is 7.87. The van der Waals surface area contributed by atoms with Gasteiger partial charge in [0.15, 0.2) is 0 Å². The first-order chi connectivity index (χ1) is 7.46. The molecule has 1 heterocycles. The minimum absolute atomic E-state index is 0.127. The Morgan fingerprint density at radius 1 is 1.19 bits per heavy atom. The van der Waals surface area contributed by atoms with Gasteiger partial charge in [-0.3, -0.25) is 4.79 Å². The van der Waals surface area contributed by atoms with Crippen LogP contribution in [0.1, 0.15) is 25.7 Å². The molecule has 0 atom stereocenters. The van der Waals surface area contributed by atoms with E-state index in [1.54, 1.807) is 0 Å². The Kier molecular flexibility index (Phi) is 3.18. The zero-order valence-corrected chi connectivity index (χ0v) is 9.87. The van der Waals surface area contributed by atoms with E-state index in [4.69, 9.17) is 5.14 Å². The molecule has 0 unspecified atom stereocenters. The molecule has 0 aromatic carbocycles. The molecule has 2 fully saturated rings. The molecule has 0 radical (unpaired) electrons. The highest BCUT2D eigenvalue weighted by Crippen LogP contribution is 2.31. The second-order valence-corrected chi connectivity index (χ2v) is 5.86. The molecule has 1 saturated heterocycles. The van der Waals surface area contributed by atoms with Crippen molar-refractivity contribution >= 4 is 16.1 Å². The molecule has 2 aliphatic rings. The lowest BCUT2D eigenvalue weighted by molar-refractivity contribution is -0.133. The summed E-state index contributed by atoms with van der Waals surface area (Å²) >= 11 is 0. The molecular weight excluding hydrogens is 230 g/mol. The lowest BCUT2D eigenvalue weighted by Crippen LogP contribution is -2.48. The van der Waals surface area contributed by atoms with Crippen molar-refractivity contribution in [2.24, 2.45) is 11.1 Å². The molecule has 16 heavy (non-hydrogen) atoms. The van der Waals surface area contributed by atoms with Gasteiger partial charge in [-0.25, -0.2) is 5.14 Å². The Labute approximate surface area is 95.4 Å². The van der Waals surface area contributed by atoms with E-state index in [1.165, 1.54) is 0 Å². The molecule has 0 aromatic rings. The Bertz CT molecular complexity index is 369. The molecule has 7 heteroatoms. The normalized spacial score (nSPS) is 23.4. The maximum absolute atomic E-state index is 11.7. The fourth-order valence-electron chi connectivity index (χ4n) is 2.04. The summed E-state index contributed by atoms with van der Waals surface area (Å²) in [5.41, 5.74) is 0. The summed E-state index contributed by atoms with van der Waals surface area (Å²) in [5.74, 6) is 0.469. The number of rotatable bonds is 3. The molecule has 3 N–H and O–H groups in total. The average Bonchev–Trinajstić information content (AvgIpc) is 2.98. The molecule has 1 saturated carbocycles. The van der Waals surface area contributed by atoms with Gasteiger partial charge in [0, 0.05) is 25.0 Å². The molecule has 1 aliphatic heterocycles. The number of amides is 1. The van der Waals surface area contributed by atoms with Gasteiger partial charge in [-0.15, -0.1) is 0 Å². The van der Waals surface area contributed by atoms with Gasteiger partial charge in [-0.1, -0.05) is 0 Å². The topological polar surface area (TPSA) is 92.5 Å². The van der Waals surface area contributed by atoms with Crippen molar-refractivity contribution < 1.29 is 13.2 Å². The van der Waals surface area contributed by atoms with Crippen LogP contribution in [0, 0.1) is 5.92 Å². The lowest BCUT2D eigenvalue weighted by Gasteiger charge is -2.32. The molecule has 0 bridgehead atoms. The van der Waals surface area contributed by atoms with E-state index >= 15 is 0 Å². The molecule has 0 spiro atoms. The highest BCUT2D eigenvalue weighted by Gasteiger charge is 2.35. The Morgan fingerprint density at radius 3 is 2.19 bits per heavy atom. The van der Waals surface area contributed by atoms with Gasteiger partial charge in [0.2, 0.25) is 5.91 Å². The van der Waals surface area contributed by atoms with Crippen LogP contribution in [-0.4, -0.2) is 38.4 Å². The van der Waals surface area contributed by atoms with Gasteiger partial charge in [-0.2, -0.15) is 13.1 Å². The summed E-state index contributed by atoms with van der Waals surface area (Å²) in [6.07, 6.45) is 3.31. The minimum Gasteiger partial charge on any atom is -0.342 e. The highest BCUT2D eigenvalue weighted by atomic mass is 32.2. The summed E-state index contributed by atoms with van der Waals surface area (Å²) in [6, 6.07) is -0.127. The smallest absolute Gasteiger partial charge is 0.274 e. The number of nitrogens with two attached hydrogens (primary N) is 1. The zero-order valence-electron chi connectivity index (χ0n) is 9.05. The van der Waals surface area contributed by atoms with Gasteiger partial charge in [0.25, 0.3) is 10.2 Å². The number of hydrogen-bond acceptors (Lipinski definition) is 3. The van der Waals surface area contributed by atoms with Crippen molar-refractivity contribution in [2.75, 3.05) is 13.1 Å². The van der Waals surface area contributed by atoms with Gasteiger partial charge in [0.1, 0.15) is 0 Å². The van der Waals surface area contributed by atoms with E-state index in [-0.39, 0.29) is 17.9 Å². The summed E-state index contributed by atoms with van der Waals surface area (Å²) in [7, 11) is -3.62. The second-order valence-electron chi connectivity index (χ2n) is 4.54. The number of nitrogens with one attached hydrogen (secondary N) is 1. The van der Waals surface area contributed by atoms with Crippen LogP contribution >= 0.6 is 0 Å². The maximum atomic E-state index is 11.7. The van der Waals surface area contributed by atoms with Crippen LogP contribution in [0.15, 0.2) is 0 Å². The van der Waals surface area contributed by atoms with Crippen LogP contribution in [0.25, 0.3) is 0 Å². The Hall–Kier alpha value is -0.660. The molecule has 6 nitrogen and oxygen atoms in total. The van der Waals surface area contributed by atoms with E-state index in [0.717, 1.165) is 12.8 Å². The van der Waals surface area contributed by atoms with Gasteiger partial charge in [-0.05, 0) is 25.7 Å². The maximum Gasteiger partial charge on any atom is 0.274 e. The number of piperidine rings is 1. The van der Waals surface area contributed by atoms with Gasteiger partial charge in [0.05, 0.1) is 0 Å². The van der Waals surface area contributed by atoms with Crippen molar-refractivity contribution in [3.63, 3.8) is 0 Å². The largest absolute Gasteiger partial charge is 0.342 e. The quantitative estimate of drug-likeness (QED) is 0.682. The van der Waals surface area contributed by atoms with Crippen molar-refractivity contribution in [1.82, 2.24) is 9.62 Å². The van der Waals surface area contributed by atoms with Crippen LogP contribution in [-0.2, 0) is 15.0 Å². The fourth-order valence-corrected chi connectivity index (χ4v) is 2.74. The van der Waals surface area contributed by atoms with Gasteiger partial charge < -0.3 is 4.90 Å². The fraction of sp³-hybridized carbons (Fsp3) is 0.889. The zero-order chi connectivity index (χ0) is 11.8. The summed E-state index contributed by atoms with van der Waals surface area (Å²) in [4.78, 5) is 13.5. The number of carbonyl (C=O) groups is 1. The van der Waals surface area contributed by atoms with Crippen LogP contribution < -0.4 is 9.86 Å². The molecule has 0 aromatic heterocycles. The first-order valence-corrected chi connectivity index (χ1v) is 7.09. The van der Waals surface area contributed by atoms with E-state index in [9.17, 15) is 13.2 Å². The SMILES string of the molecule is NS(=O)(=O)NC1CCN(C(=O)C2CC2)CC1. The average molecular weight is 247 g/mol. The molecule has 2 rings (SSSR count). The van der Waals surface area contributed by atoms with Crippen LogP contribution in [0.3, 0.4) is 0 Å². The predicted molar refractivity (Wildman–Crippen MR) is 58.6 cm³/mol. The van der Waals surface area contributed by atoms with Crippen molar-refractivity contribution in [2.45, 2.75) is 31.7 Å². The first-order valence-electron chi connectivity index (χ1n) is 5.54. The van der Waals surface area contributed by atoms with E-state index in [2.05, 4.69) is 4.72 Å². The number of likely N-dealkylation sites (tertiary alicyclic amines) is 1. The van der Waals surface area contributed by atoms with Crippen LogP contribution in [0.5, 0.6) is 0 Å². The van der Waals surface area contributed by atoms with E-state index in [1.807, 2.05) is 4.90 Å². The third kappa shape index (κ3) is 3.16. The summed E-state index contributed by atoms with van der Waals surface area (Å²) in [5, 5.41) is 4.90. The number of hydrogen-bond donors (Lipinski definition) is 2. The van der Waals surface area contributed by atoms with Gasteiger partial charge >= 0.3 is 0 Å². The lowest BCUT2D eigenvalue weighted by atomic mass is 10.1. The van der Waals surface area contributed by atoms with Crippen molar-refractivity contribution in [1.29, 1.82) is 0 Å². The third-order valence-electron chi connectivity index (χ3n) is 3.06. The summed E-state index contributed by atoms with van der Waals surface area (Å²) < 4.78 is 24.0. The molecule has 92 valence electrons. The molecule has 1 amide bonds. The Morgan fingerprint density at radius 2 is 1.75 bits per heavy atom.